The Morgan fingerprint density at radius 1 is 1.38 bits per heavy atom. The van der Waals surface area contributed by atoms with Gasteiger partial charge >= 0.3 is 5.97 Å². The number of benzene rings is 1. The molecule has 0 aliphatic carbocycles. The molecule has 8 heteroatoms. The smallest absolute Gasteiger partial charge is 0.304 e. The molecule has 2 aromatic heterocycles. The number of fused-ring (bicyclic) bond motifs is 1. The van der Waals surface area contributed by atoms with Crippen LogP contribution >= 0.6 is 23.1 Å². The van der Waals surface area contributed by atoms with Crippen LogP contribution in [0.4, 0.5) is 4.39 Å². The summed E-state index contributed by atoms with van der Waals surface area (Å²) >= 11 is 2.58. The van der Waals surface area contributed by atoms with Gasteiger partial charge in [-0.15, -0.1) is 11.3 Å². The van der Waals surface area contributed by atoms with Gasteiger partial charge in [-0.25, -0.2) is 9.37 Å². The summed E-state index contributed by atoms with van der Waals surface area (Å²) in [5, 5.41) is 11.5. The van der Waals surface area contributed by atoms with Gasteiger partial charge in [0.1, 0.15) is 10.6 Å². The molecule has 0 bridgehead atoms. The Bertz CT molecular complexity index is 964. The van der Waals surface area contributed by atoms with Crippen LogP contribution < -0.4 is 5.56 Å². The molecule has 0 aliphatic rings. The van der Waals surface area contributed by atoms with Crippen molar-refractivity contribution in [3.8, 4) is 11.1 Å². The number of thiophene rings is 1. The van der Waals surface area contributed by atoms with Crippen molar-refractivity contribution in [3.63, 3.8) is 0 Å². The second-order valence-corrected chi connectivity index (χ2v) is 7.01. The van der Waals surface area contributed by atoms with E-state index in [1.807, 2.05) is 5.38 Å². The lowest BCUT2D eigenvalue weighted by molar-refractivity contribution is -0.136. The maximum Gasteiger partial charge on any atom is 0.304 e. The highest BCUT2D eigenvalue weighted by Crippen LogP contribution is 2.32. The zero-order chi connectivity index (χ0) is 17.3. The number of carboxylic acid groups (broad SMARTS) is 1. The van der Waals surface area contributed by atoms with E-state index in [2.05, 4.69) is 4.98 Å². The van der Waals surface area contributed by atoms with Crippen molar-refractivity contribution in [2.24, 2.45) is 7.05 Å². The van der Waals surface area contributed by atoms with Crippen LogP contribution in [-0.2, 0) is 11.8 Å². The molecule has 2 heterocycles. The molecule has 124 valence electrons. The van der Waals surface area contributed by atoms with Gasteiger partial charge in [-0.05, 0) is 17.7 Å². The maximum absolute atomic E-state index is 13.1. The van der Waals surface area contributed by atoms with E-state index < -0.39 is 5.97 Å². The fourth-order valence-corrected chi connectivity index (χ4v) is 4.14. The number of carboxylic acids is 1. The van der Waals surface area contributed by atoms with Gasteiger partial charge < -0.3 is 5.11 Å². The molecule has 0 saturated carbocycles. The molecule has 0 atom stereocenters. The summed E-state index contributed by atoms with van der Waals surface area (Å²) in [6.45, 7) is 0. The third-order valence-electron chi connectivity index (χ3n) is 3.48. The SMILES string of the molecule is Cn1c(SCCC(=O)O)nc2scc(-c3ccc(F)cc3)c2c1=O. The molecular weight excluding hydrogens is 351 g/mol. The van der Waals surface area contributed by atoms with Crippen LogP contribution in [0, 0.1) is 5.82 Å². The molecule has 1 aromatic carbocycles. The van der Waals surface area contributed by atoms with Gasteiger partial charge in [-0.3, -0.25) is 14.2 Å². The molecular formula is C16H13FN2O3S2. The molecule has 0 spiro atoms. The number of halogens is 1. The van der Waals surface area contributed by atoms with E-state index in [0.717, 1.165) is 11.1 Å². The lowest BCUT2D eigenvalue weighted by atomic mass is 10.1. The zero-order valence-corrected chi connectivity index (χ0v) is 14.3. The van der Waals surface area contributed by atoms with Gasteiger partial charge in [0.05, 0.1) is 11.8 Å². The van der Waals surface area contributed by atoms with Crippen LogP contribution in [0.3, 0.4) is 0 Å². The van der Waals surface area contributed by atoms with Crippen LogP contribution in [0.5, 0.6) is 0 Å². The Kier molecular flexibility index (Phi) is 4.68. The van der Waals surface area contributed by atoms with Crippen LogP contribution in [0.25, 0.3) is 21.3 Å². The van der Waals surface area contributed by atoms with Crippen molar-refractivity contribution in [1.82, 2.24) is 9.55 Å². The van der Waals surface area contributed by atoms with Gasteiger partial charge in [-0.1, -0.05) is 23.9 Å². The van der Waals surface area contributed by atoms with E-state index in [0.29, 0.717) is 21.1 Å². The first-order valence-electron chi connectivity index (χ1n) is 7.06. The second kappa shape index (κ2) is 6.74. The Morgan fingerprint density at radius 2 is 2.08 bits per heavy atom. The highest BCUT2D eigenvalue weighted by atomic mass is 32.2. The molecule has 0 amide bonds. The number of hydrogen-bond acceptors (Lipinski definition) is 5. The monoisotopic (exact) mass is 364 g/mol. The summed E-state index contributed by atoms with van der Waals surface area (Å²) in [5.41, 5.74) is 1.29. The van der Waals surface area contributed by atoms with Crippen molar-refractivity contribution in [2.75, 3.05) is 5.75 Å². The lowest BCUT2D eigenvalue weighted by Crippen LogP contribution is -2.19. The van der Waals surface area contributed by atoms with Gasteiger partial charge in [0.2, 0.25) is 0 Å². The highest BCUT2D eigenvalue weighted by molar-refractivity contribution is 7.99. The summed E-state index contributed by atoms with van der Waals surface area (Å²) in [7, 11) is 1.62. The normalized spacial score (nSPS) is 11.1. The molecule has 0 fully saturated rings. The quantitative estimate of drug-likeness (QED) is 0.555. The first kappa shape index (κ1) is 16.7. The third kappa shape index (κ3) is 3.20. The molecule has 0 aliphatic heterocycles. The molecule has 5 nitrogen and oxygen atoms in total. The standard InChI is InChI=1S/C16H13FN2O3S2/c1-19-15(22)13-11(9-2-4-10(17)5-3-9)8-24-14(13)18-16(19)23-7-6-12(20)21/h2-5,8H,6-7H2,1H3,(H,20,21). The van der Waals surface area contributed by atoms with Crippen molar-refractivity contribution in [3.05, 3.63) is 45.8 Å². The predicted octanol–water partition coefficient (Wildman–Crippen LogP) is 3.37. The molecule has 24 heavy (non-hydrogen) atoms. The van der Waals surface area contributed by atoms with Crippen molar-refractivity contribution < 1.29 is 14.3 Å². The maximum atomic E-state index is 13.1. The van der Waals surface area contributed by atoms with Crippen molar-refractivity contribution >= 4 is 39.3 Å². The van der Waals surface area contributed by atoms with Gasteiger partial charge in [0.15, 0.2) is 5.16 Å². The zero-order valence-electron chi connectivity index (χ0n) is 12.7. The van der Waals surface area contributed by atoms with Crippen LogP contribution in [0.2, 0.25) is 0 Å². The Hall–Kier alpha value is -2.19. The number of carbonyl (C=O) groups is 1. The number of nitrogens with zero attached hydrogens (tertiary/aromatic N) is 2. The average molecular weight is 364 g/mol. The lowest BCUT2D eigenvalue weighted by Gasteiger charge is -2.07. The molecule has 3 aromatic rings. The Morgan fingerprint density at radius 3 is 2.75 bits per heavy atom. The van der Waals surface area contributed by atoms with Crippen molar-refractivity contribution in [2.45, 2.75) is 11.6 Å². The van der Waals surface area contributed by atoms with E-state index >= 15 is 0 Å². The third-order valence-corrected chi connectivity index (χ3v) is 5.38. The van der Waals surface area contributed by atoms with Gasteiger partial charge in [0.25, 0.3) is 5.56 Å². The minimum Gasteiger partial charge on any atom is -0.481 e. The fourth-order valence-electron chi connectivity index (χ4n) is 2.25. The summed E-state index contributed by atoms with van der Waals surface area (Å²) < 4.78 is 14.5. The van der Waals surface area contributed by atoms with Crippen LogP contribution in [-0.4, -0.2) is 26.4 Å². The molecule has 0 saturated heterocycles. The largest absolute Gasteiger partial charge is 0.481 e. The summed E-state index contributed by atoms with van der Waals surface area (Å²) in [4.78, 5) is 28.4. The van der Waals surface area contributed by atoms with E-state index in [1.165, 1.54) is 39.8 Å². The van der Waals surface area contributed by atoms with E-state index in [9.17, 15) is 14.0 Å². The van der Waals surface area contributed by atoms with E-state index in [-0.39, 0.29) is 17.8 Å². The Labute approximate surface area is 144 Å². The van der Waals surface area contributed by atoms with Crippen molar-refractivity contribution in [1.29, 1.82) is 0 Å². The van der Waals surface area contributed by atoms with Gasteiger partial charge in [-0.2, -0.15) is 0 Å². The van der Waals surface area contributed by atoms with Crippen LogP contribution in [0.15, 0.2) is 39.6 Å². The minimum absolute atomic E-state index is 0.00381. The number of aromatic nitrogens is 2. The summed E-state index contributed by atoms with van der Waals surface area (Å²) in [6, 6.07) is 5.97. The number of rotatable bonds is 5. The average Bonchev–Trinajstić information content (AvgIpc) is 2.96. The van der Waals surface area contributed by atoms with Gasteiger partial charge in [0, 0.05) is 23.7 Å². The number of thioether (sulfide) groups is 1. The number of hydrogen-bond donors (Lipinski definition) is 1. The van der Waals surface area contributed by atoms with E-state index in [1.54, 1.807) is 19.2 Å². The minimum atomic E-state index is -0.886. The molecule has 3 rings (SSSR count). The highest BCUT2D eigenvalue weighted by Gasteiger charge is 2.16. The Balaban J connectivity index is 2.04. The second-order valence-electron chi connectivity index (χ2n) is 5.09. The first-order valence-corrected chi connectivity index (χ1v) is 8.92. The summed E-state index contributed by atoms with van der Waals surface area (Å²) in [5.74, 6) is -0.873. The van der Waals surface area contributed by atoms with Crippen LogP contribution in [0.1, 0.15) is 6.42 Å². The van der Waals surface area contributed by atoms with E-state index in [4.69, 9.17) is 5.11 Å². The predicted molar refractivity (Wildman–Crippen MR) is 93.2 cm³/mol. The molecule has 0 unspecified atom stereocenters. The topological polar surface area (TPSA) is 72.2 Å². The molecule has 0 radical (unpaired) electrons. The molecule has 1 N–H and O–H groups in total. The first-order chi connectivity index (χ1) is 11.5. The fraction of sp³-hybridized carbons (Fsp3) is 0.188. The summed E-state index contributed by atoms with van der Waals surface area (Å²) in [6.07, 6.45) is 0.00381. The number of aliphatic carboxylic acids is 1.